The van der Waals surface area contributed by atoms with Crippen molar-refractivity contribution < 1.29 is 19.3 Å². The number of Topliss-reactive ketones (excluding diaryl/α,β-unsaturated/α-hetero) is 1. The zero-order valence-corrected chi connectivity index (χ0v) is 15.7. The Morgan fingerprint density at radius 3 is 2.41 bits per heavy atom. The third-order valence-corrected chi connectivity index (χ3v) is 6.29. The van der Waals surface area contributed by atoms with Gasteiger partial charge in [-0.1, -0.05) is 24.3 Å². The molecular formula is C23H18N3O3+. The maximum absolute atomic E-state index is 13.4. The lowest BCUT2D eigenvalue weighted by molar-refractivity contribution is -0.885. The van der Waals surface area contributed by atoms with Crippen LogP contribution < -0.4 is 9.80 Å². The van der Waals surface area contributed by atoms with Crippen molar-refractivity contribution in [2.24, 2.45) is 11.8 Å². The molecule has 1 N–H and O–H groups in total. The van der Waals surface area contributed by atoms with Crippen LogP contribution in [0.5, 0.6) is 0 Å². The number of carbonyl (C=O) groups is 3. The molecule has 3 aliphatic heterocycles. The van der Waals surface area contributed by atoms with Gasteiger partial charge in [0.05, 0.1) is 11.9 Å². The van der Waals surface area contributed by atoms with E-state index in [0.717, 1.165) is 16.0 Å². The minimum absolute atomic E-state index is 0.0816. The highest BCUT2D eigenvalue weighted by Gasteiger charge is 2.66. The second-order valence-electron chi connectivity index (χ2n) is 7.71. The number of quaternary nitrogens is 1. The van der Waals surface area contributed by atoms with Gasteiger partial charge in [-0.25, -0.2) is 4.90 Å². The average Bonchev–Trinajstić information content (AvgIpc) is 3.20. The summed E-state index contributed by atoms with van der Waals surface area (Å²) in [5, 5.41) is 9.83. The standard InChI is InChI=1S/C23H17N3O3/c1-13(27)14-6-8-16(9-7-14)26-22(28)19-18(12-24)25-11-10-15-4-2-3-5-17(15)21(25)20(19)23(26)29/h2-11,18-21H,1H3/p+1/t18-,19+,20+,21+/m0/s1. The van der Waals surface area contributed by atoms with E-state index >= 15 is 0 Å². The molecule has 29 heavy (non-hydrogen) atoms. The number of nitrogens with zero attached hydrogens (tertiary/aromatic N) is 2. The molecule has 0 radical (unpaired) electrons. The smallest absolute Gasteiger partial charge is 0.245 e. The summed E-state index contributed by atoms with van der Waals surface area (Å²) < 4.78 is 0. The highest BCUT2D eigenvalue weighted by Crippen LogP contribution is 2.44. The molecule has 0 aromatic heterocycles. The molecule has 2 saturated heterocycles. The van der Waals surface area contributed by atoms with Gasteiger partial charge < -0.3 is 0 Å². The van der Waals surface area contributed by atoms with Crippen LogP contribution in [0.4, 0.5) is 5.69 Å². The molecule has 2 amide bonds. The van der Waals surface area contributed by atoms with Crippen LogP contribution in [0.3, 0.4) is 0 Å². The van der Waals surface area contributed by atoms with E-state index < -0.39 is 17.9 Å². The van der Waals surface area contributed by atoms with Gasteiger partial charge in [0.2, 0.25) is 11.8 Å². The summed E-state index contributed by atoms with van der Waals surface area (Å²) in [7, 11) is 0. The van der Waals surface area contributed by atoms with Gasteiger partial charge in [-0.3, -0.25) is 19.3 Å². The molecule has 142 valence electrons. The van der Waals surface area contributed by atoms with Crippen molar-refractivity contribution >= 4 is 29.4 Å². The molecule has 5 rings (SSSR count). The predicted octanol–water partition coefficient (Wildman–Crippen LogP) is 1.51. The Hall–Kier alpha value is -3.56. The number of benzene rings is 2. The maximum atomic E-state index is 13.4. The molecule has 3 heterocycles. The molecule has 5 atom stereocenters. The Morgan fingerprint density at radius 1 is 1.03 bits per heavy atom. The lowest BCUT2D eigenvalue weighted by Gasteiger charge is -2.28. The van der Waals surface area contributed by atoms with E-state index in [1.165, 1.54) is 11.8 Å². The quantitative estimate of drug-likeness (QED) is 0.629. The molecule has 2 fully saturated rings. The number of fused-ring (bicyclic) bond motifs is 5. The van der Waals surface area contributed by atoms with Gasteiger partial charge in [0.25, 0.3) is 0 Å². The van der Waals surface area contributed by atoms with Gasteiger partial charge >= 0.3 is 0 Å². The normalized spacial score (nSPS) is 29.2. The van der Waals surface area contributed by atoms with E-state index in [-0.39, 0.29) is 23.6 Å². The summed E-state index contributed by atoms with van der Waals surface area (Å²) in [4.78, 5) is 40.3. The Kier molecular flexibility index (Phi) is 3.76. The number of nitrogens with one attached hydrogen (secondary N) is 1. The van der Waals surface area contributed by atoms with Gasteiger partial charge in [-0.2, -0.15) is 5.26 Å². The number of rotatable bonds is 2. The molecular weight excluding hydrogens is 366 g/mol. The summed E-state index contributed by atoms with van der Waals surface area (Å²) in [6.45, 7) is 1.47. The fourth-order valence-electron chi connectivity index (χ4n) is 4.99. The van der Waals surface area contributed by atoms with Gasteiger partial charge in [0.15, 0.2) is 11.8 Å². The summed E-state index contributed by atoms with van der Waals surface area (Å²) in [6, 6.07) is 15.7. The first kappa shape index (κ1) is 17.5. The van der Waals surface area contributed by atoms with Crippen molar-refractivity contribution in [1.82, 2.24) is 0 Å². The number of amides is 2. The Morgan fingerprint density at radius 2 is 1.72 bits per heavy atom. The first-order valence-corrected chi connectivity index (χ1v) is 9.55. The van der Waals surface area contributed by atoms with Crippen molar-refractivity contribution in [3.63, 3.8) is 0 Å². The fourth-order valence-corrected chi connectivity index (χ4v) is 4.99. The van der Waals surface area contributed by atoms with Crippen LogP contribution in [0.2, 0.25) is 0 Å². The van der Waals surface area contributed by atoms with Gasteiger partial charge in [-0.05, 0) is 42.8 Å². The van der Waals surface area contributed by atoms with Crippen molar-refractivity contribution in [2.75, 3.05) is 4.90 Å². The summed E-state index contributed by atoms with van der Waals surface area (Å²) in [5.74, 6) is -1.96. The second kappa shape index (κ2) is 6.23. The van der Waals surface area contributed by atoms with Crippen LogP contribution >= 0.6 is 0 Å². The predicted molar refractivity (Wildman–Crippen MR) is 105 cm³/mol. The van der Waals surface area contributed by atoms with Crippen molar-refractivity contribution in [1.29, 1.82) is 5.26 Å². The van der Waals surface area contributed by atoms with Crippen molar-refractivity contribution in [3.05, 3.63) is 71.4 Å². The van der Waals surface area contributed by atoms with Gasteiger partial charge in [-0.15, -0.1) is 0 Å². The molecule has 0 aliphatic carbocycles. The molecule has 0 bridgehead atoms. The number of ketones is 1. The van der Waals surface area contributed by atoms with Gasteiger partial charge in [0, 0.05) is 11.1 Å². The Balaban J connectivity index is 1.59. The third kappa shape index (κ3) is 2.35. The summed E-state index contributed by atoms with van der Waals surface area (Å²) in [6.07, 6.45) is 3.87. The largest absolute Gasteiger partial charge is 0.295 e. The van der Waals surface area contributed by atoms with Crippen molar-refractivity contribution in [3.8, 4) is 6.07 Å². The molecule has 2 aromatic rings. The molecule has 6 heteroatoms. The maximum Gasteiger partial charge on any atom is 0.245 e. The number of nitriles is 1. The van der Waals surface area contributed by atoms with E-state index in [1.54, 1.807) is 24.3 Å². The van der Waals surface area contributed by atoms with E-state index in [2.05, 4.69) is 6.07 Å². The SMILES string of the molecule is CC(=O)c1ccc(N2C(=O)[C@@H]3[C@H](C2=O)[C@H](C#N)[NH+]2C=Cc4ccccc4[C@H]32)cc1. The van der Waals surface area contributed by atoms with Crippen LogP contribution in [-0.4, -0.2) is 23.6 Å². The molecule has 1 unspecified atom stereocenters. The zero-order chi connectivity index (χ0) is 20.3. The number of anilines is 1. The minimum atomic E-state index is -0.684. The van der Waals surface area contributed by atoms with Crippen molar-refractivity contribution in [2.45, 2.75) is 19.0 Å². The third-order valence-electron chi connectivity index (χ3n) is 6.29. The van der Waals surface area contributed by atoms with Crippen LogP contribution in [-0.2, 0) is 9.59 Å². The molecule has 0 saturated carbocycles. The van der Waals surface area contributed by atoms with Gasteiger partial charge in [0.1, 0.15) is 23.9 Å². The number of hydrogen-bond acceptors (Lipinski definition) is 4. The van der Waals surface area contributed by atoms with Crippen LogP contribution in [0, 0.1) is 23.2 Å². The number of hydrogen-bond donors (Lipinski definition) is 1. The highest BCUT2D eigenvalue weighted by atomic mass is 16.2. The van der Waals surface area contributed by atoms with E-state index in [9.17, 15) is 19.6 Å². The summed E-state index contributed by atoms with van der Waals surface area (Å²) in [5.41, 5.74) is 2.97. The Labute approximate surface area is 167 Å². The lowest BCUT2D eigenvalue weighted by atomic mass is 9.85. The molecule has 6 nitrogen and oxygen atoms in total. The number of carbonyl (C=O) groups excluding carboxylic acids is 3. The molecule has 3 aliphatic rings. The topological polar surface area (TPSA) is 82.7 Å². The van der Waals surface area contributed by atoms with Crippen LogP contribution in [0.15, 0.2) is 54.7 Å². The zero-order valence-electron chi connectivity index (χ0n) is 15.7. The Bertz CT molecular complexity index is 1130. The highest BCUT2D eigenvalue weighted by molar-refractivity contribution is 6.22. The molecule has 0 spiro atoms. The minimum Gasteiger partial charge on any atom is -0.295 e. The van der Waals surface area contributed by atoms with E-state index in [0.29, 0.717) is 11.3 Å². The van der Waals surface area contributed by atoms with Crippen LogP contribution in [0.1, 0.15) is 34.5 Å². The second-order valence-corrected chi connectivity index (χ2v) is 7.71. The molecule has 2 aromatic carbocycles. The van der Waals surface area contributed by atoms with E-state index in [4.69, 9.17) is 0 Å². The monoisotopic (exact) mass is 384 g/mol. The lowest BCUT2D eigenvalue weighted by Crippen LogP contribution is -3.10. The fraction of sp³-hybridized carbons (Fsp3) is 0.217. The number of imide groups is 1. The summed E-state index contributed by atoms with van der Waals surface area (Å²) >= 11 is 0. The van der Waals surface area contributed by atoms with Crippen LogP contribution in [0.25, 0.3) is 6.08 Å². The average molecular weight is 384 g/mol. The van der Waals surface area contributed by atoms with E-state index in [1.807, 2.05) is 36.5 Å². The first-order valence-electron chi connectivity index (χ1n) is 9.55. The first-order chi connectivity index (χ1) is 14.0.